The number of rotatable bonds is 27. The average molecular weight is 932 g/mol. The van der Waals surface area contributed by atoms with Crippen LogP contribution in [0, 0.1) is 0 Å². The lowest BCUT2D eigenvalue weighted by Gasteiger charge is -2.25. The van der Waals surface area contributed by atoms with Crippen LogP contribution in [-0.2, 0) is 0 Å². The van der Waals surface area contributed by atoms with Gasteiger partial charge in [0.25, 0.3) is 0 Å². The SMILES string of the molecule is CCCCCCCCNc1ccc(-c2cc3sc(-c4cnc(-c5cc6sc(-c7ccc(N(CCCCCCCC)CCCCCCCC)cc7)cc6s5)c5nsnc45)cc3s2)cc1. The Balaban J connectivity index is 0.910. The molecule has 2 aromatic carbocycles. The number of nitrogens with zero attached hydrogens (tertiary/aromatic N) is 4. The number of pyridine rings is 1. The van der Waals surface area contributed by atoms with Crippen LogP contribution in [0.25, 0.3) is 71.7 Å². The number of anilines is 2. The van der Waals surface area contributed by atoms with Gasteiger partial charge in [0, 0.05) is 76.2 Å². The van der Waals surface area contributed by atoms with Crippen LogP contribution < -0.4 is 10.2 Å². The minimum Gasteiger partial charge on any atom is -0.385 e. The molecule has 0 amide bonds. The maximum Gasteiger partial charge on any atom is 0.132 e. The predicted molar refractivity (Wildman–Crippen MR) is 284 cm³/mol. The summed E-state index contributed by atoms with van der Waals surface area (Å²) in [4.78, 5) is 12.7. The normalized spacial score (nSPS) is 11.8. The number of nitrogens with one attached hydrogen (secondary N) is 1. The molecule has 0 aliphatic rings. The second-order valence-corrected chi connectivity index (χ2v) is 22.1. The highest BCUT2D eigenvalue weighted by Gasteiger charge is 2.20. The average Bonchev–Trinajstić information content (AvgIpc) is 4.16. The number of thiophene rings is 4. The number of hydrogen-bond acceptors (Lipinski definition) is 10. The maximum absolute atomic E-state index is 5.08. The van der Waals surface area contributed by atoms with Crippen molar-refractivity contribution in [3.05, 3.63) is 79.0 Å². The molecule has 0 aliphatic carbocycles. The second kappa shape index (κ2) is 23.5. The lowest BCUT2D eigenvalue weighted by atomic mass is 10.1. The Labute approximate surface area is 396 Å². The molecule has 8 aromatic rings. The van der Waals surface area contributed by atoms with Gasteiger partial charge in [-0.2, -0.15) is 8.75 Å². The lowest BCUT2D eigenvalue weighted by Crippen LogP contribution is -2.25. The van der Waals surface area contributed by atoms with Crippen LogP contribution in [0.2, 0.25) is 0 Å². The molecule has 0 spiro atoms. The fourth-order valence-electron chi connectivity index (χ4n) is 8.60. The van der Waals surface area contributed by atoms with E-state index in [1.165, 1.54) is 183 Å². The van der Waals surface area contributed by atoms with Crippen LogP contribution in [0.3, 0.4) is 0 Å². The first-order valence-electron chi connectivity index (χ1n) is 24.0. The molecule has 0 radical (unpaired) electrons. The van der Waals surface area contributed by atoms with Crippen molar-refractivity contribution in [1.29, 1.82) is 0 Å². The summed E-state index contributed by atoms with van der Waals surface area (Å²) in [5, 5.41) is 3.61. The van der Waals surface area contributed by atoms with Gasteiger partial charge in [0.1, 0.15) is 16.7 Å². The summed E-state index contributed by atoms with van der Waals surface area (Å²) >= 11 is 8.67. The first kappa shape index (κ1) is 45.9. The minimum atomic E-state index is 0.899. The molecule has 6 heterocycles. The molecule has 0 atom stereocenters. The van der Waals surface area contributed by atoms with Gasteiger partial charge < -0.3 is 10.2 Å². The van der Waals surface area contributed by atoms with E-state index in [-0.39, 0.29) is 0 Å². The summed E-state index contributed by atoms with van der Waals surface area (Å²) in [6.07, 6.45) is 26.0. The molecule has 8 rings (SSSR count). The van der Waals surface area contributed by atoms with Gasteiger partial charge in [0.15, 0.2) is 0 Å². The van der Waals surface area contributed by atoms with Crippen LogP contribution in [0.5, 0.6) is 0 Å². The Morgan fingerprint density at radius 1 is 0.476 bits per heavy atom. The monoisotopic (exact) mass is 931 g/mol. The number of hydrogen-bond donors (Lipinski definition) is 1. The van der Waals surface area contributed by atoms with Crippen LogP contribution in [0.15, 0.2) is 79.0 Å². The smallest absolute Gasteiger partial charge is 0.132 e. The van der Waals surface area contributed by atoms with E-state index in [1.807, 2.05) is 51.5 Å². The number of fused-ring (bicyclic) bond motifs is 3. The van der Waals surface area contributed by atoms with E-state index in [2.05, 4.69) is 104 Å². The molecule has 0 saturated carbocycles. The van der Waals surface area contributed by atoms with E-state index >= 15 is 0 Å². The van der Waals surface area contributed by atoms with E-state index in [1.54, 1.807) is 0 Å². The highest BCUT2D eigenvalue weighted by molar-refractivity contribution is 7.31. The summed E-state index contributed by atoms with van der Waals surface area (Å²) in [5.74, 6) is 0. The molecule has 0 unspecified atom stereocenters. The molecule has 0 fully saturated rings. The van der Waals surface area contributed by atoms with Crippen molar-refractivity contribution in [1.82, 2.24) is 13.7 Å². The van der Waals surface area contributed by atoms with Crippen LogP contribution in [0.4, 0.5) is 11.4 Å². The molecule has 332 valence electrons. The Morgan fingerprint density at radius 3 is 1.52 bits per heavy atom. The van der Waals surface area contributed by atoms with Gasteiger partial charge in [-0.1, -0.05) is 141 Å². The Kier molecular flexibility index (Phi) is 17.1. The predicted octanol–water partition coefficient (Wildman–Crippen LogP) is 18.6. The van der Waals surface area contributed by atoms with Crippen molar-refractivity contribution in [2.24, 2.45) is 0 Å². The zero-order valence-corrected chi connectivity index (χ0v) is 41.8. The number of benzene rings is 2. The van der Waals surface area contributed by atoms with Gasteiger partial charge in [-0.05, 0) is 78.9 Å². The molecular formula is C53H65N5S5. The van der Waals surface area contributed by atoms with Crippen molar-refractivity contribution < 1.29 is 0 Å². The van der Waals surface area contributed by atoms with E-state index < -0.39 is 0 Å². The summed E-state index contributed by atoms with van der Waals surface area (Å²) in [7, 11) is 0. The van der Waals surface area contributed by atoms with E-state index in [9.17, 15) is 0 Å². The molecule has 1 N–H and O–H groups in total. The topological polar surface area (TPSA) is 53.9 Å². The Bertz CT molecular complexity index is 2510. The zero-order valence-electron chi connectivity index (χ0n) is 37.7. The summed E-state index contributed by atoms with van der Waals surface area (Å²) in [5.41, 5.74) is 9.00. The van der Waals surface area contributed by atoms with Crippen molar-refractivity contribution in [3.8, 4) is 41.9 Å². The molecule has 5 nitrogen and oxygen atoms in total. The molecule has 10 heteroatoms. The standard InChI is InChI=1S/C53H65N5S5/c1-4-7-10-13-16-19-30-54-40-26-22-38(23-27-40)43-33-46-48(59-43)35-45(61-46)42-37-55-52(53-51(42)56-63-57-53)50-36-49-47(62-50)34-44(60-49)39-24-28-41(29-25-39)58(31-20-17-14-11-8-5-2)32-21-18-15-12-9-6-3/h22-29,33-37,54H,4-21,30-32H2,1-3H3. The molecule has 6 aromatic heterocycles. The van der Waals surface area contributed by atoms with Crippen LogP contribution in [0.1, 0.15) is 136 Å². The van der Waals surface area contributed by atoms with Crippen molar-refractivity contribution in [2.45, 2.75) is 136 Å². The molecule has 63 heavy (non-hydrogen) atoms. The van der Waals surface area contributed by atoms with Gasteiger partial charge >= 0.3 is 0 Å². The van der Waals surface area contributed by atoms with Gasteiger partial charge in [-0.15, -0.1) is 45.3 Å². The van der Waals surface area contributed by atoms with E-state index in [0.29, 0.717) is 0 Å². The Morgan fingerprint density at radius 2 is 0.937 bits per heavy atom. The van der Waals surface area contributed by atoms with E-state index in [0.717, 1.165) is 46.8 Å². The third-order valence-corrected chi connectivity index (χ3v) is 17.6. The summed E-state index contributed by atoms with van der Waals surface area (Å²) in [6, 6.07) is 27.7. The van der Waals surface area contributed by atoms with Crippen molar-refractivity contribution in [3.63, 3.8) is 0 Å². The van der Waals surface area contributed by atoms with Crippen molar-refractivity contribution >= 4 is 98.3 Å². The summed E-state index contributed by atoms with van der Waals surface area (Å²) < 4.78 is 14.9. The first-order chi connectivity index (χ1) is 31.1. The summed E-state index contributed by atoms with van der Waals surface area (Å²) in [6.45, 7) is 10.2. The molecular weight excluding hydrogens is 867 g/mol. The molecule has 0 bridgehead atoms. The quantitative estimate of drug-likeness (QED) is 0.0521. The minimum absolute atomic E-state index is 0.899. The third-order valence-electron chi connectivity index (χ3n) is 12.3. The Hall–Kier alpha value is -3.67. The van der Waals surface area contributed by atoms with E-state index in [4.69, 9.17) is 13.7 Å². The van der Waals surface area contributed by atoms with Gasteiger partial charge in [0.2, 0.25) is 0 Å². The highest BCUT2D eigenvalue weighted by atomic mass is 32.1. The van der Waals surface area contributed by atoms with Gasteiger partial charge in [0.05, 0.1) is 16.6 Å². The van der Waals surface area contributed by atoms with Crippen LogP contribution in [-0.4, -0.2) is 33.4 Å². The van der Waals surface area contributed by atoms with Gasteiger partial charge in [-0.25, -0.2) is 0 Å². The highest BCUT2D eigenvalue weighted by Crippen LogP contribution is 2.46. The fraction of sp³-hybridized carbons (Fsp3) is 0.453. The zero-order chi connectivity index (χ0) is 43.2. The van der Waals surface area contributed by atoms with Crippen LogP contribution >= 0.6 is 57.1 Å². The number of aromatic nitrogens is 3. The second-order valence-electron chi connectivity index (χ2n) is 17.2. The molecule has 0 saturated heterocycles. The number of unbranched alkanes of at least 4 members (excludes halogenated alkanes) is 15. The fourth-order valence-corrected chi connectivity index (χ4v) is 14.0. The van der Waals surface area contributed by atoms with Gasteiger partial charge in [-0.3, -0.25) is 4.98 Å². The van der Waals surface area contributed by atoms with Crippen molar-refractivity contribution in [2.75, 3.05) is 29.9 Å². The lowest BCUT2D eigenvalue weighted by molar-refractivity contribution is 0.575. The maximum atomic E-state index is 5.08. The molecule has 0 aliphatic heterocycles. The first-order valence-corrected chi connectivity index (χ1v) is 28.0. The largest absolute Gasteiger partial charge is 0.385 e. The third kappa shape index (κ3) is 12.0.